The van der Waals surface area contributed by atoms with Gasteiger partial charge in [0.2, 0.25) is 0 Å². The molecule has 2 aromatic carbocycles. The summed E-state index contributed by atoms with van der Waals surface area (Å²) < 4.78 is 1.99. The smallest absolute Gasteiger partial charge is 0.264 e. The zero-order chi connectivity index (χ0) is 18.8. The number of thioether (sulfide) groups is 1. The molecule has 1 aliphatic heterocycles. The summed E-state index contributed by atoms with van der Waals surface area (Å²) in [5.41, 5.74) is 2.59. The number of carbonyl (C=O) groups excluding carboxylic acids is 1. The normalized spacial score (nSPS) is 16.9. The zero-order valence-corrected chi connectivity index (χ0v) is 16.2. The van der Waals surface area contributed by atoms with E-state index in [0.29, 0.717) is 20.1 Å². The van der Waals surface area contributed by atoms with E-state index < -0.39 is 0 Å². The van der Waals surface area contributed by atoms with Crippen molar-refractivity contribution >= 4 is 57.8 Å². The highest BCUT2D eigenvalue weighted by molar-refractivity contribution is 8.18. The lowest BCUT2D eigenvalue weighted by atomic mass is 10.3. The molecule has 1 aromatic heterocycles. The zero-order valence-electron chi connectivity index (χ0n) is 13.9. The third kappa shape index (κ3) is 4.11. The van der Waals surface area contributed by atoms with E-state index in [4.69, 9.17) is 23.2 Å². The maximum Gasteiger partial charge on any atom is 0.264 e. The first-order valence-electron chi connectivity index (χ1n) is 8.07. The van der Waals surface area contributed by atoms with E-state index in [1.807, 2.05) is 53.2 Å². The fraction of sp³-hybridized carbons (Fsp3) is 0. The number of nitrogens with one attached hydrogen (secondary N) is 1. The molecule has 2 heterocycles. The summed E-state index contributed by atoms with van der Waals surface area (Å²) in [6.45, 7) is 0. The van der Waals surface area contributed by atoms with Gasteiger partial charge >= 0.3 is 0 Å². The SMILES string of the molecule is O=C1NC(=Nc2ccc(Cl)cc2)S/C1=C\c1cccn1-c1ccc(Cl)cc1. The highest BCUT2D eigenvalue weighted by atomic mass is 35.5. The number of nitrogens with zero attached hydrogens (tertiary/aromatic N) is 2. The van der Waals surface area contributed by atoms with Gasteiger partial charge in [-0.2, -0.15) is 0 Å². The van der Waals surface area contributed by atoms with Gasteiger partial charge in [0.15, 0.2) is 5.17 Å². The van der Waals surface area contributed by atoms with Gasteiger partial charge in [-0.25, -0.2) is 4.99 Å². The summed E-state index contributed by atoms with van der Waals surface area (Å²) in [7, 11) is 0. The largest absolute Gasteiger partial charge is 0.317 e. The summed E-state index contributed by atoms with van der Waals surface area (Å²) in [5.74, 6) is -0.170. The first kappa shape index (κ1) is 17.9. The minimum absolute atomic E-state index is 0.170. The van der Waals surface area contributed by atoms with Gasteiger partial charge in [0.1, 0.15) is 0 Å². The minimum atomic E-state index is -0.170. The average molecular weight is 414 g/mol. The first-order chi connectivity index (χ1) is 13.1. The van der Waals surface area contributed by atoms with E-state index in [1.54, 1.807) is 24.3 Å². The topological polar surface area (TPSA) is 46.4 Å². The number of halogens is 2. The number of amidine groups is 1. The number of aromatic nitrogens is 1. The van der Waals surface area contributed by atoms with Crippen LogP contribution in [0.4, 0.5) is 5.69 Å². The molecule has 0 atom stereocenters. The van der Waals surface area contributed by atoms with Crippen LogP contribution < -0.4 is 5.32 Å². The van der Waals surface area contributed by atoms with E-state index in [9.17, 15) is 4.79 Å². The minimum Gasteiger partial charge on any atom is -0.317 e. The Morgan fingerprint density at radius 2 is 1.63 bits per heavy atom. The van der Waals surface area contributed by atoms with Gasteiger partial charge in [-0.05, 0) is 78.5 Å². The summed E-state index contributed by atoms with van der Waals surface area (Å²) in [5, 5.41) is 4.66. The highest BCUT2D eigenvalue weighted by Crippen LogP contribution is 2.29. The van der Waals surface area contributed by atoms with Crippen molar-refractivity contribution in [1.29, 1.82) is 0 Å². The summed E-state index contributed by atoms with van der Waals surface area (Å²) >= 11 is 13.2. The van der Waals surface area contributed by atoms with E-state index in [-0.39, 0.29) is 5.91 Å². The number of hydrogen-bond acceptors (Lipinski definition) is 3. The maximum absolute atomic E-state index is 12.3. The molecule has 1 aliphatic rings. The Hall–Kier alpha value is -2.47. The van der Waals surface area contributed by atoms with Gasteiger partial charge < -0.3 is 9.88 Å². The molecule has 0 bridgehead atoms. The Bertz CT molecular complexity index is 1050. The summed E-state index contributed by atoms with van der Waals surface area (Å²) in [6, 6.07) is 18.5. The number of hydrogen-bond donors (Lipinski definition) is 1. The molecule has 1 amide bonds. The van der Waals surface area contributed by atoms with Crippen LogP contribution in [-0.2, 0) is 4.79 Å². The Labute approximate surface area is 170 Å². The quantitative estimate of drug-likeness (QED) is 0.561. The maximum atomic E-state index is 12.3. The van der Waals surface area contributed by atoms with E-state index in [2.05, 4.69) is 10.3 Å². The van der Waals surface area contributed by atoms with Gasteiger partial charge in [-0.3, -0.25) is 4.79 Å². The molecule has 1 N–H and O–H groups in total. The van der Waals surface area contributed by atoms with Crippen molar-refractivity contribution in [3.63, 3.8) is 0 Å². The van der Waals surface area contributed by atoms with E-state index >= 15 is 0 Å². The highest BCUT2D eigenvalue weighted by Gasteiger charge is 2.24. The van der Waals surface area contributed by atoms with Gasteiger partial charge in [0.25, 0.3) is 5.91 Å². The summed E-state index contributed by atoms with van der Waals surface area (Å²) in [4.78, 5) is 17.3. The van der Waals surface area contributed by atoms with Crippen LogP contribution in [0.5, 0.6) is 0 Å². The van der Waals surface area contributed by atoms with Crippen molar-refractivity contribution in [3.8, 4) is 5.69 Å². The second-order valence-corrected chi connectivity index (χ2v) is 7.64. The molecule has 3 aromatic rings. The van der Waals surface area contributed by atoms with Crippen molar-refractivity contribution in [2.24, 2.45) is 4.99 Å². The van der Waals surface area contributed by atoms with Gasteiger partial charge in [-0.15, -0.1) is 0 Å². The van der Waals surface area contributed by atoms with E-state index in [0.717, 1.165) is 17.1 Å². The first-order valence-corrected chi connectivity index (χ1v) is 9.64. The molecule has 0 spiro atoms. The predicted molar refractivity (Wildman–Crippen MR) is 113 cm³/mol. The third-order valence-electron chi connectivity index (χ3n) is 3.87. The van der Waals surface area contributed by atoms with Gasteiger partial charge in [0, 0.05) is 27.6 Å². The molecule has 1 saturated heterocycles. The van der Waals surface area contributed by atoms with Gasteiger partial charge in [-0.1, -0.05) is 23.2 Å². The lowest BCUT2D eigenvalue weighted by Gasteiger charge is -2.06. The Morgan fingerprint density at radius 3 is 2.33 bits per heavy atom. The molecule has 0 saturated carbocycles. The van der Waals surface area contributed by atoms with Crippen molar-refractivity contribution < 1.29 is 4.79 Å². The average Bonchev–Trinajstić information content (AvgIpc) is 3.25. The van der Waals surface area contributed by atoms with Crippen molar-refractivity contribution in [3.05, 3.63) is 87.5 Å². The van der Waals surface area contributed by atoms with Gasteiger partial charge in [0.05, 0.1) is 10.6 Å². The second-order valence-electron chi connectivity index (χ2n) is 5.74. The lowest BCUT2D eigenvalue weighted by molar-refractivity contribution is -0.115. The van der Waals surface area contributed by atoms with Crippen molar-refractivity contribution in [2.75, 3.05) is 0 Å². The molecule has 0 radical (unpaired) electrons. The Morgan fingerprint density at radius 1 is 0.963 bits per heavy atom. The van der Waals surface area contributed by atoms with Crippen LogP contribution >= 0.6 is 35.0 Å². The van der Waals surface area contributed by atoms with Crippen LogP contribution in [0.25, 0.3) is 11.8 Å². The lowest BCUT2D eigenvalue weighted by Crippen LogP contribution is -2.19. The predicted octanol–water partition coefficient (Wildman–Crippen LogP) is 5.68. The number of rotatable bonds is 3. The standard InChI is InChI=1S/C20H13Cl2N3OS/c21-13-3-7-15(8-4-13)23-20-24-19(26)18(27-20)12-17-2-1-11-25(17)16-9-5-14(22)6-10-16/h1-12H,(H,23,24,26)/b18-12-. The molecule has 1 fully saturated rings. The monoisotopic (exact) mass is 413 g/mol. The van der Waals surface area contributed by atoms with Crippen LogP contribution in [0.2, 0.25) is 10.0 Å². The van der Waals surface area contributed by atoms with Crippen LogP contribution in [0.1, 0.15) is 5.69 Å². The molecule has 0 unspecified atom stereocenters. The number of aliphatic imine (C=N–C) groups is 1. The second kappa shape index (κ2) is 7.64. The van der Waals surface area contributed by atoms with Crippen molar-refractivity contribution in [2.45, 2.75) is 0 Å². The fourth-order valence-electron chi connectivity index (χ4n) is 2.60. The van der Waals surface area contributed by atoms with Crippen molar-refractivity contribution in [1.82, 2.24) is 9.88 Å². The molecule has 4 rings (SSSR count). The molecular weight excluding hydrogens is 401 g/mol. The Kier molecular flexibility index (Phi) is 5.07. The molecule has 134 valence electrons. The summed E-state index contributed by atoms with van der Waals surface area (Å²) in [6.07, 6.45) is 3.79. The molecule has 4 nitrogen and oxygen atoms in total. The van der Waals surface area contributed by atoms with Crippen LogP contribution in [0, 0.1) is 0 Å². The number of benzene rings is 2. The molecular formula is C20H13Cl2N3OS. The molecule has 7 heteroatoms. The molecule has 27 heavy (non-hydrogen) atoms. The fourth-order valence-corrected chi connectivity index (χ4v) is 3.67. The third-order valence-corrected chi connectivity index (χ3v) is 5.29. The number of carbonyl (C=O) groups is 1. The number of amides is 1. The van der Waals surface area contributed by atoms with Crippen LogP contribution in [0.3, 0.4) is 0 Å². The van der Waals surface area contributed by atoms with E-state index in [1.165, 1.54) is 11.8 Å². The van der Waals surface area contributed by atoms with Crippen LogP contribution in [0.15, 0.2) is 76.8 Å². The van der Waals surface area contributed by atoms with Crippen LogP contribution in [-0.4, -0.2) is 15.6 Å². The Balaban J connectivity index is 1.60. The molecule has 0 aliphatic carbocycles.